The van der Waals surface area contributed by atoms with Gasteiger partial charge in [-0.1, -0.05) is 6.42 Å². The van der Waals surface area contributed by atoms with Crippen molar-refractivity contribution in [3.63, 3.8) is 0 Å². The first kappa shape index (κ1) is 5.56. The molecule has 1 heteroatoms. The molecule has 0 amide bonds. The topological polar surface area (TPSA) is 0 Å². The van der Waals surface area contributed by atoms with Gasteiger partial charge in [0, 0.05) is 0 Å². The van der Waals surface area contributed by atoms with Crippen LogP contribution in [-0.2, 0) is 0 Å². The molecule has 1 aliphatic rings. The molecule has 0 N–H and O–H groups in total. The van der Waals surface area contributed by atoms with E-state index in [1.807, 2.05) is 0 Å². The molecule has 0 aromatic carbocycles. The number of hydrogen-bond donors (Lipinski definition) is 0. The molecule has 0 saturated carbocycles. The molecule has 1 saturated heterocycles. The van der Waals surface area contributed by atoms with Crippen LogP contribution in [0.4, 0.5) is 0 Å². The van der Waals surface area contributed by atoms with Gasteiger partial charge >= 0.3 is 0 Å². The Bertz CT molecular complexity index is 46.1. The van der Waals surface area contributed by atoms with Crippen LogP contribution >= 0.6 is 7.92 Å². The van der Waals surface area contributed by atoms with E-state index in [0.717, 1.165) is 0 Å². The minimum atomic E-state index is 0.508. The van der Waals surface area contributed by atoms with Gasteiger partial charge in [0.15, 0.2) is 0 Å². The summed E-state index contributed by atoms with van der Waals surface area (Å²) in [6.07, 6.45) is 7.64. The Balaban J connectivity index is 2.12. The van der Waals surface area contributed by atoms with Crippen molar-refractivity contribution in [2.75, 3.05) is 19.0 Å². The molecule has 0 radical (unpaired) electrons. The van der Waals surface area contributed by atoms with E-state index in [2.05, 4.69) is 6.66 Å². The average molecular weight is 116 g/mol. The van der Waals surface area contributed by atoms with Gasteiger partial charge in [-0.15, -0.1) is 7.92 Å². The SMILES string of the molecule is CP1CCCCC1. The summed E-state index contributed by atoms with van der Waals surface area (Å²) in [6, 6.07) is 0. The summed E-state index contributed by atoms with van der Waals surface area (Å²) in [5.74, 6) is 0. The van der Waals surface area contributed by atoms with Crippen LogP contribution in [0.1, 0.15) is 19.3 Å². The van der Waals surface area contributed by atoms with E-state index in [1.165, 1.54) is 19.3 Å². The van der Waals surface area contributed by atoms with Gasteiger partial charge in [-0.3, -0.25) is 0 Å². The zero-order valence-corrected chi connectivity index (χ0v) is 5.88. The maximum atomic E-state index is 2.43. The molecule has 0 unspecified atom stereocenters. The van der Waals surface area contributed by atoms with Gasteiger partial charge in [-0.25, -0.2) is 0 Å². The van der Waals surface area contributed by atoms with Crippen LogP contribution in [0.25, 0.3) is 0 Å². The molecule has 0 nitrogen and oxygen atoms in total. The first-order valence-electron chi connectivity index (χ1n) is 3.08. The van der Waals surface area contributed by atoms with Crippen molar-refractivity contribution in [3.8, 4) is 0 Å². The lowest BCUT2D eigenvalue weighted by Crippen LogP contribution is -1.96. The van der Waals surface area contributed by atoms with Crippen molar-refractivity contribution in [2.45, 2.75) is 19.3 Å². The Morgan fingerprint density at radius 3 is 1.86 bits per heavy atom. The molecule has 0 bridgehead atoms. The maximum Gasteiger partial charge on any atom is -0.0328 e. The van der Waals surface area contributed by atoms with E-state index in [9.17, 15) is 0 Å². The molecule has 1 heterocycles. The normalized spacial score (nSPS) is 25.3. The first-order valence-corrected chi connectivity index (χ1v) is 5.24. The average Bonchev–Trinajstić information content (AvgIpc) is 1.69. The third kappa shape index (κ3) is 1.78. The Morgan fingerprint density at radius 2 is 1.57 bits per heavy atom. The first-order chi connectivity index (χ1) is 3.39. The Hall–Kier alpha value is 0.430. The van der Waals surface area contributed by atoms with Crippen LogP contribution in [0.5, 0.6) is 0 Å². The zero-order valence-electron chi connectivity index (χ0n) is 4.98. The van der Waals surface area contributed by atoms with Crippen molar-refractivity contribution >= 4 is 7.92 Å². The number of rotatable bonds is 0. The Labute approximate surface area is 47.1 Å². The summed E-state index contributed by atoms with van der Waals surface area (Å²) >= 11 is 0. The second-order valence-electron chi connectivity index (χ2n) is 2.36. The molecule has 0 spiro atoms. The summed E-state index contributed by atoms with van der Waals surface area (Å²) in [5, 5.41) is 0. The van der Waals surface area contributed by atoms with E-state index in [-0.39, 0.29) is 0 Å². The van der Waals surface area contributed by atoms with E-state index in [4.69, 9.17) is 0 Å². The Morgan fingerprint density at radius 1 is 1.00 bits per heavy atom. The van der Waals surface area contributed by atoms with E-state index in [0.29, 0.717) is 7.92 Å². The molecule has 0 aromatic rings. The van der Waals surface area contributed by atoms with Gasteiger partial charge in [0.25, 0.3) is 0 Å². The minimum absolute atomic E-state index is 0.508. The van der Waals surface area contributed by atoms with Gasteiger partial charge in [-0.05, 0) is 31.8 Å². The number of hydrogen-bond acceptors (Lipinski definition) is 0. The standard InChI is InChI=1S/C6H13P/c1-7-5-3-2-4-6-7/h2-6H2,1H3. The summed E-state index contributed by atoms with van der Waals surface area (Å²) in [6.45, 7) is 2.43. The second-order valence-corrected chi connectivity index (χ2v) is 4.97. The van der Waals surface area contributed by atoms with Gasteiger partial charge < -0.3 is 0 Å². The third-order valence-corrected chi connectivity index (χ3v) is 3.74. The predicted molar refractivity (Wildman–Crippen MR) is 36.4 cm³/mol. The van der Waals surface area contributed by atoms with Crippen molar-refractivity contribution in [3.05, 3.63) is 0 Å². The molecule has 42 valence electrons. The van der Waals surface area contributed by atoms with Crippen LogP contribution in [0.15, 0.2) is 0 Å². The fourth-order valence-electron chi connectivity index (χ4n) is 1.05. The van der Waals surface area contributed by atoms with Crippen LogP contribution in [0, 0.1) is 0 Å². The molecule has 0 aliphatic carbocycles. The van der Waals surface area contributed by atoms with Gasteiger partial charge in [0.2, 0.25) is 0 Å². The molecule has 1 rings (SSSR count). The summed E-state index contributed by atoms with van der Waals surface area (Å²) in [5.41, 5.74) is 0. The van der Waals surface area contributed by atoms with Gasteiger partial charge in [-0.2, -0.15) is 0 Å². The van der Waals surface area contributed by atoms with Crippen molar-refractivity contribution in [1.82, 2.24) is 0 Å². The molecule has 7 heavy (non-hydrogen) atoms. The molecular weight excluding hydrogens is 103 g/mol. The van der Waals surface area contributed by atoms with Crippen molar-refractivity contribution < 1.29 is 0 Å². The molecule has 1 aliphatic heterocycles. The van der Waals surface area contributed by atoms with Crippen LogP contribution < -0.4 is 0 Å². The largest absolute Gasteiger partial charge is 0.110 e. The third-order valence-electron chi connectivity index (χ3n) is 1.58. The lowest BCUT2D eigenvalue weighted by Gasteiger charge is -2.16. The highest BCUT2D eigenvalue weighted by Gasteiger charge is 2.05. The van der Waals surface area contributed by atoms with E-state index >= 15 is 0 Å². The highest BCUT2D eigenvalue weighted by atomic mass is 31.1. The summed E-state index contributed by atoms with van der Waals surface area (Å²) in [4.78, 5) is 0. The second kappa shape index (κ2) is 2.67. The van der Waals surface area contributed by atoms with Crippen LogP contribution in [-0.4, -0.2) is 19.0 Å². The molecular formula is C6H13P. The lowest BCUT2D eigenvalue weighted by molar-refractivity contribution is 0.754. The summed E-state index contributed by atoms with van der Waals surface area (Å²) in [7, 11) is 0.508. The van der Waals surface area contributed by atoms with Crippen molar-refractivity contribution in [2.24, 2.45) is 0 Å². The Kier molecular flexibility index (Phi) is 2.12. The van der Waals surface area contributed by atoms with E-state index in [1.54, 1.807) is 12.3 Å². The summed E-state index contributed by atoms with van der Waals surface area (Å²) < 4.78 is 0. The van der Waals surface area contributed by atoms with Crippen molar-refractivity contribution in [1.29, 1.82) is 0 Å². The lowest BCUT2D eigenvalue weighted by atomic mass is 10.3. The fraction of sp³-hybridized carbons (Fsp3) is 1.00. The molecule has 0 atom stereocenters. The van der Waals surface area contributed by atoms with E-state index < -0.39 is 0 Å². The smallest absolute Gasteiger partial charge is 0.0328 e. The zero-order chi connectivity index (χ0) is 5.11. The maximum absolute atomic E-state index is 2.43. The molecule has 0 aromatic heterocycles. The fourth-order valence-corrected chi connectivity index (χ4v) is 2.80. The minimum Gasteiger partial charge on any atom is -0.110 e. The predicted octanol–water partition coefficient (Wildman–Crippen LogP) is 2.28. The quantitative estimate of drug-likeness (QED) is 0.426. The van der Waals surface area contributed by atoms with Gasteiger partial charge in [0.05, 0.1) is 0 Å². The highest BCUT2D eigenvalue weighted by Crippen LogP contribution is 2.36. The van der Waals surface area contributed by atoms with Crippen LogP contribution in [0.2, 0.25) is 0 Å². The monoisotopic (exact) mass is 116 g/mol. The van der Waals surface area contributed by atoms with Crippen LogP contribution in [0.3, 0.4) is 0 Å². The molecule has 1 fully saturated rings. The highest BCUT2D eigenvalue weighted by molar-refractivity contribution is 7.56. The van der Waals surface area contributed by atoms with Gasteiger partial charge in [0.1, 0.15) is 0 Å².